The van der Waals surface area contributed by atoms with Crippen LogP contribution in [-0.2, 0) is 0 Å². The molecule has 0 aromatic carbocycles. The molecular weight excluding hydrogens is 342 g/mol. The van der Waals surface area contributed by atoms with Crippen LogP contribution < -0.4 is 16.0 Å². The van der Waals surface area contributed by atoms with E-state index in [1.807, 2.05) is 0 Å². The Kier molecular flexibility index (Phi) is 24.8. The number of unbranched alkanes of at least 4 members (excludes halogenated alkanes) is 15. The first kappa shape index (κ1) is 27.9. The predicted octanol–water partition coefficient (Wildman–Crippen LogP) is 7.28. The summed E-state index contributed by atoms with van der Waals surface area (Å²) < 4.78 is 0. The van der Waals surface area contributed by atoms with E-state index in [1.165, 1.54) is 122 Å². The van der Waals surface area contributed by atoms with Crippen molar-refractivity contribution in [3.05, 3.63) is 6.29 Å². The van der Waals surface area contributed by atoms with Crippen molar-refractivity contribution in [2.75, 3.05) is 19.6 Å². The Morgan fingerprint density at radius 2 is 0.607 bits per heavy atom. The molecule has 169 valence electrons. The van der Waals surface area contributed by atoms with E-state index >= 15 is 0 Å². The van der Waals surface area contributed by atoms with Crippen molar-refractivity contribution in [1.82, 2.24) is 16.0 Å². The van der Waals surface area contributed by atoms with Crippen LogP contribution in [-0.4, -0.2) is 19.6 Å². The van der Waals surface area contributed by atoms with Gasteiger partial charge in [0, 0.05) is 0 Å². The summed E-state index contributed by atoms with van der Waals surface area (Å²) in [5.74, 6) is 0. The maximum Gasteiger partial charge on any atom is 0.170 e. The van der Waals surface area contributed by atoms with Gasteiger partial charge in [0.1, 0.15) is 0 Å². The van der Waals surface area contributed by atoms with Crippen molar-refractivity contribution in [3.8, 4) is 0 Å². The molecule has 3 nitrogen and oxygen atoms in total. The molecule has 0 saturated carbocycles. The van der Waals surface area contributed by atoms with Gasteiger partial charge < -0.3 is 0 Å². The highest BCUT2D eigenvalue weighted by Gasteiger charge is 2.07. The van der Waals surface area contributed by atoms with Crippen molar-refractivity contribution < 1.29 is 0 Å². The lowest BCUT2D eigenvalue weighted by Gasteiger charge is -2.20. The number of hydrogen-bond acceptors (Lipinski definition) is 3. The third-order valence-corrected chi connectivity index (χ3v) is 5.50. The molecule has 3 heteroatoms. The minimum atomic E-state index is 1.09. The second-order valence-corrected chi connectivity index (χ2v) is 8.46. The molecule has 0 bridgehead atoms. The molecule has 0 spiro atoms. The van der Waals surface area contributed by atoms with Gasteiger partial charge >= 0.3 is 0 Å². The molecule has 0 heterocycles. The Hall–Kier alpha value is -0.120. The molecule has 0 fully saturated rings. The molecule has 0 rings (SSSR count). The van der Waals surface area contributed by atoms with Gasteiger partial charge in [-0.2, -0.15) is 0 Å². The summed E-state index contributed by atoms with van der Waals surface area (Å²) in [7, 11) is 0. The van der Waals surface area contributed by atoms with E-state index in [0.717, 1.165) is 19.6 Å². The Morgan fingerprint density at radius 1 is 0.357 bits per heavy atom. The first-order valence-corrected chi connectivity index (χ1v) is 12.9. The van der Waals surface area contributed by atoms with Gasteiger partial charge in [0.2, 0.25) is 0 Å². The molecule has 0 aliphatic rings. The van der Waals surface area contributed by atoms with Crippen LogP contribution in [0.2, 0.25) is 0 Å². The molecular formula is C25H54N3. The lowest BCUT2D eigenvalue weighted by atomic mass is 10.1. The fourth-order valence-corrected chi connectivity index (χ4v) is 3.54. The number of rotatable bonds is 24. The van der Waals surface area contributed by atoms with Crippen LogP contribution in [0.25, 0.3) is 0 Å². The van der Waals surface area contributed by atoms with E-state index in [9.17, 15) is 0 Å². The predicted molar refractivity (Wildman–Crippen MR) is 127 cm³/mol. The second kappa shape index (κ2) is 24.9. The highest BCUT2D eigenvalue weighted by atomic mass is 15.3. The largest absolute Gasteiger partial charge is 0.283 e. The van der Waals surface area contributed by atoms with Crippen LogP contribution >= 0.6 is 0 Å². The molecule has 1 radical (unpaired) electrons. The summed E-state index contributed by atoms with van der Waals surface area (Å²) >= 11 is 0. The average Bonchev–Trinajstić information content (AvgIpc) is 2.71. The summed E-state index contributed by atoms with van der Waals surface area (Å²) in [6.07, 6.45) is 25.7. The normalized spacial score (nSPS) is 11.6. The van der Waals surface area contributed by atoms with Gasteiger partial charge in [-0.05, 0) is 38.9 Å². The van der Waals surface area contributed by atoms with Crippen molar-refractivity contribution in [1.29, 1.82) is 0 Å². The van der Waals surface area contributed by atoms with Gasteiger partial charge in [-0.15, -0.1) is 0 Å². The maximum atomic E-state index is 3.63. The summed E-state index contributed by atoms with van der Waals surface area (Å²) in [5.41, 5.74) is 0. The first-order valence-electron chi connectivity index (χ1n) is 12.9. The highest BCUT2D eigenvalue weighted by molar-refractivity contribution is 4.80. The number of hydrogen-bond donors (Lipinski definition) is 3. The molecule has 0 aliphatic carbocycles. The molecule has 0 amide bonds. The maximum absolute atomic E-state index is 3.63. The van der Waals surface area contributed by atoms with Gasteiger partial charge in [-0.1, -0.05) is 117 Å². The average molecular weight is 397 g/mol. The number of nitrogens with one attached hydrogen (secondary N) is 3. The monoisotopic (exact) mass is 396 g/mol. The van der Waals surface area contributed by atoms with Crippen LogP contribution in [0.5, 0.6) is 0 Å². The first-order chi connectivity index (χ1) is 13.8. The lowest BCUT2D eigenvalue weighted by molar-refractivity contribution is 0.447. The third kappa shape index (κ3) is 22.2. The summed E-state index contributed by atoms with van der Waals surface area (Å²) in [4.78, 5) is 0. The van der Waals surface area contributed by atoms with Gasteiger partial charge in [-0.25, -0.2) is 0 Å². The molecule has 28 heavy (non-hydrogen) atoms. The summed E-state index contributed by atoms with van der Waals surface area (Å²) in [6, 6.07) is 0. The van der Waals surface area contributed by atoms with Crippen LogP contribution in [0.1, 0.15) is 136 Å². The zero-order chi connectivity index (χ0) is 20.5. The summed E-state index contributed by atoms with van der Waals surface area (Å²) in [6.45, 7) is 10.1. The fourth-order valence-electron chi connectivity index (χ4n) is 3.54. The van der Waals surface area contributed by atoms with Gasteiger partial charge in [0.15, 0.2) is 6.29 Å². The quantitative estimate of drug-likeness (QED) is 0.150. The van der Waals surface area contributed by atoms with E-state index < -0.39 is 0 Å². The van der Waals surface area contributed by atoms with Crippen LogP contribution in [0.4, 0.5) is 0 Å². The molecule has 0 aromatic heterocycles. The smallest absolute Gasteiger partial charge is 0.170 e. The minimum Gasteiger partial charge on any atom is -0.283 e. The fraction of sp³-hybridized carbons (Fsp3) is 0.960. The molecule has 0 unspecified atom stereocenters. The zero-order valence-corrected chi connectivity index (χ0v) is 19.8. The SMILES string of the molecule is CCCCCCCCN[C](NCCCCCCCC)NCCCCCCCC. The lowest BCUT2D eigenvalue weighted by Crippen LogP contribution is -2.45. The van der Waals surface area contributed by atoms with E-state index in [2.05, 4.69) is 36.7 Å². The molecule has 3 N–H and O–H groups in total. The standard InChI is InChI=1S/C25H54N3/c1-4-7-10-13-16-19-22-26-25(27-23-20-17-14-11-8-5-2)28-24-21-18-15-12-9-6-3/h26-28H,4-24H2,1-3H3. The van der Waals surface area contributed by atoms with Gasteiger partial charge in [0.25, 0.3) is 0 Å². The Morgan fingerprint density at radius 3 is 0.893 bits per heavy atom. The summed E-state index contributed by atoms with van der Waals surface area (Å²) in [5, 5.41) is 10.9. The Balaban J connectivity index is 3.80. The topological polar surface area (TPSA) is 36.1 Å². The van der Waals surface area contributed by atoms with Gasteiger partial charge in [-0.3, -0.25) is 16.0 Å². The zero-order valence-electron chi connectivity index (χ0n) is 19.8. The molecule has 0 atom stereocenters. The van der Waals surface area contributed by atoms with E-state index in [0.29, 0.717) is 0 Å². The third-order valence-electron chi connectivity index (χ3n) is 5.50. The molecule has 0 aromatic rings. The second-order valence-electron chi connectivity index (χ2n) is 8.46. The van der Waals surface area contributed by atoms with E-state index in [-0.39, 0.29) is 0 Å². The van der Waals surface area contributed by atoms with E-state index in [4.69, 9.17) is 0 Å². The van der Waals surface area contributed by atoms with Crippen LogP contribution in [0.15, 0.2) is 0 Å². The van der Waals surface area contributed by atoms with Crippen molar-refractivity contribution in [3.63, 3.8) is 0 Å². The molecule has 0 aliphatic heterocycles. The van der Waals surface area contributed by atoms with E-state index in [1.54, 1.807) is 0 Å². The minimum absolute atomic E-state index is 1.09. The van der Waals surface area contributed by atoms with Crippen LogP contribution in [0.3, 0.4) is 0 Å². The Bertz CT molecular complexity index is 228. The van der Waals surface area contributed by atoms with Crippen molar-refractivity contribution >= 4 is 0 Å². The van der Waals surface area contributed by atoms with Crippen molar-refractivity contribution in [2.45, 2.75) is 136 Å². The Labute approximate surface area is 178 Å². The van der Waals surface area contributed by atoms with Gasteiger partial charge in [0.05, 0.1) is 0 Å². The molecule has 0 saturated heterocycles. The highest BCUT2D eigenvalue weighted by Crippen LogP contribution is 2.07. The van der Waals surface area contributed by atoms with Crippen molar-refractivity contribution in [2.24, 2.45) is 0 Å². The van der Waals surface area contributed by atoms with Crippen LogP contribution in [0, 0.1) is 6.29 Å².